The highest BCUT2D eigenvalue weighted by molar-refractivity contribution is 5.90. The molecule has 8 nitrogen and oxygen atoms in total. The Balaban J connectivity index is 1.28. The topological polar surface area (TPSA) is 111 Å². The summed E-state index contributed by atoms with van der Waals surface area (Å²) in [6.07, 6.45) is 0. The highest BCUT2D eigenvalue weighted by Gasteiger charge is 2.17. The molecule has 1 saturated heterocycles. The number of nitrogens with two attached hydrogens (primary N) is 2. The van der Waals surface area contributed by atoms with Crippen LogP contribution < -0.4 is 11.5 Å². The average Bonchev–Trinajstić information content (AvgIpc) is 2.75. The van der Waals surface area contributed by atoms with Gasteiger partial charge in [0, 0.05) is 50.6 Å². The van der Waals surface area contributed by atoms with Crippen LogP contribution in [0.5, 0.6) is 0 Å². The Morgan fingerprint density at radius 1 is 0.667 bits per heavy atom. The lowest BCUT2D eigenvalue weighted by Crippen LogP contribution is -2.48. The zero-order chi connectivity index (χ0) is 21.3. The van der Waals surface area contributed by atoms with Gasteiger partial charge in [-0.3, -0.25) is 9.80 Å². The van der Waals surface area contributed by atoms with Gasteiger partial charge in [-0.1, -0.05) is 0 Å². The first-order valence-corrected chi connectivity index (χ1v) is 10.0. The Morgan fingerprint density at radius 3 is 1.33 bits per heavy atom. The maximum Gasteiger partial charge on any atom is 0.338 e. The first-order valence-electron chi connectivity index (χ1n) is 10.0. The second-order valence-corrected chi connectivity index (χ2v) is 7.20. The summed E-state index contributed by atoms with van der Waals surface area (Å²) in [7, 11) is 0. The number of piperazine rings is 1. The molecular weight excluding hydrogens is 384 g/mol. The van der Waals surface area contributed by atoms with E-state index in [2.05, 4.69) is 9.80 Å². The maximum atomic E-state index is 12.0. The van der Waals surface area contributed by atoms with Crippen molar-refractivity contribution < 1.29 is 19.1 Å². The van der Waals surface area contributed by atoms with E-state index >= 15 is 0 Å². The highest BCUT2D eigenvalue weighted by atomic mass is 16.5. The van der Waals surface area contributed by atoms with Crippen LogP contribution in [-0.4, -0.2) is 74.2 Å². The van der Waals surface area contributed by atoms with Gasteiger partial charge in [-0.15, -0.1) is 0 Å². The third-order valence-electron chi connectivity index (χ3n) is 5.04. The van der Waals surface area contributed by atoms with Gasteiger partial charge in [0.25, 0.3) is 0 Å². The molecule has 1 aliphatic rings. The van der Waals surface area contributed by atoms with E-state index in [0.29, 0.717) is 48.8 Å². The number of hydrogen-bond acceptors (Lipinski definition) is 8. The lowest BCUT2D eigenvalue weighted by atomic mass is 10.2. The predicted octanol–water partition coefficient (Wildman–Crippen LogP) is 1.48. The second kappa shape index (κ2) is 10.6. The van der Waals surface area contributed by atoms with Crippen molar-refractivity contribution in [1.82, 2.24) is 9.80 Å². The largest absolute Gasteiger partial charge is 0.461 e. The van der Waals surface area contributed by atoms with Crippen molar-refractivity contribution >= 4 is 23.3 Å². The number of nitrogens with zero attached hydrogens (tertiary/aromatic N) is 2. The quantitative estimate of drug-likeness (QED) is 0.495. The van der Waals surface area contributed by atoms with Crippen LogP contribution in [-0.2, 0) is 9.47 Å². The number of anilines is 2. The molecule has 0 bridgehead atoms. The van der Waals surface area contributed by atoms with Crippen molar-refractivity contribution in [2.24, 2.45) is 0 Å². The van der Waals surface area contributed by atoms with E-state index < -0.39 is 0 Å². The van der Waals surface area contributed by atoms with Crippen molar-refractivity contribution in [3.8, 4) is 0 Å². The SMILES string of the molecule is Nc1ccc(C(=O)OCCN2CCN(CCOC(=O)c3ccc(N)cc3)CC2)cc1. The molecule has 2 aromatic rings. The molecule has 1 aliphatic heterocycles. The number of esters is 2. The molecule has 0 aromatic heterocycles. The van der Waals surface area contributed by atoms with Crippen molar-refractivity contribution in [1.29, 1.82) is 0 Å². The van der Waals surface area contributed by atoms with E-state index in [1.54, 1.807) is 48.5 Å². The third kappa shape index (κ3) is 6.47. The van der Waals surface area contributed by atoms with Gasteiger partial charge < -0.3 is 20.9 Å². The lowest BCUT2D eigenvalue weighted by molar-refractivity contribution is 0.0352. The van der Waals surface area contributed by atoms with E-state index in [1.807, 2.05) is 0 Å². The summed E-state index contributed by atoms with van der Waals surface area (Å²) in [5, 5.41) is 0. The summed E-state index contributed by atoms with van der Waals surface area (Å²) in [5.41, 5.74) is 13.5. The molecule has 1 fully saturated rings. The monoisotopic (exact) mass is 412 g/mol. The van der Waals surface area contributed by atoms with Gasteiger partial charge in [0.1, 0.15) is 13.2 Å². The molecule has 30 heavy (non-hydrogen) atoms. The molecule has 4 N–H and O–H groups in total. The van der Waals surface area contributed by atoms with Gasteiger partial charge in [-0.05, 0) is 48.5 Å². The first-order chi connectivity index (χ1) is 14.5. The summed E-state index contributed by atoms with van der Waals surface area (Å²) < 4.78 is 10.7. The van der Waals surface area contributed by atoms with Gasteiger partial charge in [-0.2, -0.15) is 0 Å². The third-order valence-corrected chi connectivity index (χ3v) is 5.04. The molecule has 0 aliphatic carbocycles. The zero-order valence-electron chi connectivity index (χ0n) is 17.0. The highest BCUT2D eigenvalue weighted by Crippen LogP contribution is 2.09. The number of benzene rings is 2. The van der Waals surface area contributed by atoms with Crippen LogP contribution >= 0.6 is 0 Å². The molecule has 0 amide bonds. The summed E-state index contributed by atoms with van der Waals surface area (Å²) >= 11 is 0. The molecule has 0 spiro atoms. The molecule has 0 unspecified atom stereocenters. The van der Waals surface area contributed by atoms with Gasteiger partial charge >= 0.3 is 11.9 Å². The van der Waals surface area contributed by atoms with Crippen LogP contribution in [0.2, 0.25) is 0 Å². The Hall–Kier alpha value is -3.10. The molecule has 2 aromatic carbocycles. The summed E-state index contributed by atoms with van der Waals surface area (Å²) in [6.45, 7) is 5.61. The first kappa shape index (κ1) is 21.6. The molecule has 0 saturated carbocycles. The minimum atomic E-state index is -0.337. The van der Waals surface area contributed by atoms with Gasteiger partial charge in [0.05, 0.1) is 11.1 Å². The number of nitrogen functional groups attached to an aromatic ring is 2. The van der Waals surface area contributed by atoms with Crippen LogP contribution in [0.1, 0.15) is 20.7 Å². The number of hydrogen-bond donors (Lipinski definition) is 2. The minimum Gasteiger partial charge on any atom is -0.461 e. The second-order valence-electron chi connectivity index (χ2n) is 7.20. The van der Waals surface area contributed by atoms with Gasteiger partial charge in [0.2, 0.25) is 0 Å². The minimum absolute atomic E-state index is 0.337. The molecule has 3 rings (SSSR count). The fourth-order valence-electron chi connectivity index (χ4n) is 3.18. The van der Waals surface area contributed by atoms with Crippen molar-refractivity contribution in [3.05, 3.63) is 59.7 Å². The van der Waals surface area contributed by atoms with E-state index in [9.17, 15) is 9.59 Å². The Kier molecular flexibility index (Phi) is 7.64. The van der Waals surface area contributed by atoms with Crippen LogP contribution in [0, 0.1) is 0 Å². The number of rotatable bonds is 8. The summed E-state index contributed by atoms with van der Waals surface area (Å²) in [5.74, 6) is -0.673. The molecule has 160 valence electrons. The summed E-state index contributed by atoms with van der Waals surface area (Å²) in [4.78, 5) is 28.5. The average molecular weight is 412 g/mol. The number of carbonyl (C=O) groups excluding carboxylic acids is 2. The Morgan fingerprint density at radius 2 is 1.00 bits per heavy atom. The lowest BCUT2D eigenvalue weighted by Gasteiger charge is -2.34. The van der Waals surface area contributed by atoms with E-state index in [0.717, 1.165) is 26.2 Å². The summed E-state index contributed by atoms with van der Waals surface area (Å²) in [6, 6.07) is 13.4. The van der Waals surface area contributed by atoms with Gasteiger partial charge in [-0.25, -0.2) is 9.59 Å². The predicted molar refractivity (Wildman–Crippen MR) is 115 cm³/mol. The van der Waals surface area contributed by atoms with E-state index in [-0.39, 0.29) is 11.9 Å². The Labute approximate surface area is 176 Å². The van der Waals surface area contributed by atoms with E-state index in [1.165, 1.54) is 0 Å². The molecule has 1 heterocycles. The van der Waals surface area contributed by atoms with Crippen molar-refractivity contribution in [3.63, 3.8) is 0 Å². The van der Waals surface area contributed by atoms with Gasteiger partial charge in [0.15, 0.2) is 0 Å². The smallest absolute Gasteiger partial charge is 0.338 e. The fourth-order valence-corrected chi connectivity index (χ4v) is 3.18. The van der Waals surface area contributed by atoms with E-state index in [4.69, 9.17) is 20.9 Å². The standard InChI is InChI=1S/C22H28N4O4/c23-19-5-1-17(2-6-19)21(27)29-15-13-25-9-11-26(12-10-25)14-16-30-22(28)18-3-7-20(24)8-4-18/h1-8H,9-16,23-24H2. The van der Waals surface area contributed by atoms with Crippen LogP contribution in [0.15, 0.2) is 48.5 Å². The normalized spacial score (nSPS) is 14.9. The fraction of sp³-hybridized carbons (Fsp3) is 0.364. The molecule has 0 radical (unpaired) electrons. The Bertz CT molecular complexity index is 760. The molecular formula is C22H28N4O4. The van der Waals surface area contributed by atoms with Crippen molar-refractivity contribution in [2.75, 3.05) is 63.9 Å². The maximum absolute atomic E-state index is 12.0. The van der Waals surface area contributed by atoms with Crippen molar-refractivity contribution in [2.45, 2.75) is 0 Å². The number of carbonyl (C=O) groups is 2. The molecule has 0 atom stereocenters. The van der Waals surface area contributed by atoms with Crippen LogP contribution in [0.4, 0.5) is 11.4 Å². The van der Waals surface area contributed by atoms with Crippen LogP contribution in [0.3, 0.4) is 0 Å². The molecule has 8 heteroatoms. The van der Waals surface area contributed by atoms with Crippen LogP contribution in [0.25, 0.3) is 0 Å². The zero-order valence-corrected chi connectivity index (χ0v) is 17.0. The number of ether oxygens (including phenoxy) is 2.